The van der Waals surface area contributed by atoms with Crippen LogP contribution in [-0.2, 0) is 10.7 Å². The van der Waals surface area contributed by atoms with Crippen molar-refractivity contribution in [2.75, 3.05) is 0 Å². The van der Waals surface area contributed by atoms with Crippen LogP contribution in [0.5, 0.6) is 5.75 Å². The van der Waals surface area contributed by atoms with E-state index in [1.807, 2.05) is 30.3 Å². The fraction of sp³-hybridized carbons (Fsp3) is 0.304. The minimum absolute atomic E-state index is 0.597. The molecule has 0 aromatic heterocycles. The molecule has 1 aliphatic carbocycles. The van der Waals surface area contributed by atoms with Crippen LogP contribution >= 0.6 is 8.38 Å². The van der Waals surface area contributed by atoms with Gasteiger partial charge in [0.15, 0.2) is 0 Å². The van der Waals surface area contributed by atoms with Gasteiger partial charge in [0.2, 0.25) is 0 Å². The van der Waals surface area contributed by atoms with Gasteiger partial charge in [-0.05, 0) is 60.6 Å². The van der Waals surface area contributed by atoms with Crippen molar-refractivity contribution in [3.8, 4) is 5.75 Å². The molecule has 0 saturated heterocycles. The maximum absolute atomic E-state index is 6.22. The van der Waals surface area contributed by atoms with Gasteiger partial charge in [0.05, 0.1) is 6.16 Å². The van der Waals surface area contributed by atoms with Crippen molar-refractivity contribution in [2.45, 2.75) is 45.2 Å². The Morgan fingerprint density at radius 2 is 1.73 bits per heavy atom. The number of hydrogen-bond donors (Lipinski definition) is 0. The Labute approximate surface area is 158 Å². The molecule has 136 valence electrons. The highest BCUT2D eigenvalue weighted by Gasteiger charge is 2.17. The molecule has 0 spiro atoms. The average Bonchev–Trinajstić information content (AvgIpc) is 2.69. The van der Waals surface area contributed by atoms with E-state index in [0.29, 0.717) is 5.92 Å². The fourth-order valence-electron chi connectivity index (χ4n) is 2.79. The second-order valence-electron chi connectivity index (χ2n) is 6.62. The summed E-state index contributed by atoms with van der Waals surface area (Å²) in [4.78, 5) is 0. The summed E-state index contributed by atoms with van der Waals surface area (Å²) in [6, 6.07) is 18.8. The lowest BCUT2D eigenvalue weighted by Gasteiger charge is -2.20. The largest absolute Gasteiger partial charge is 0.439 e. The van der Waals surface area contributed by atoms with Crippen LogP contribution in [0.3, 0.4) is 0 Å². The van der Waals surface area contributed by atoms with Gasteiger partial charge in [-0.1, -0.05) is 62.4 Å². The molecule has 0 aliphatic heterocycles. The predicted octanol–water partition coefficient (Wildman–Crippen LogP) is 7.34. The molecular formula is C23H27O2P. The zero-order chi connectivity index (χ0) is 18.2. The van der Waals surface area contributed by atoms with Crippen LogP contribution in [-0.4, -0.2) is 0 Å². The van der Waals surface area contributed by atoms with Gasteiger partial charge in [-0.15, -0.1) is 0 Å². The third-order valence-electron chi connectivity index (χ3n) is 4.59. The van der Waals surface area contributed by atoms with E-state index in [-0.39, 0.29) is 0 Å². The lowest BCUT2D eigenvalue weighted by molar-refractivity contribution is 0.413. The molecule has 0 radical (unpaired) electrons. The fourth-order valence-corrected chi connectivity index (χ4v) is 4.20. The van der Waals surface area contributed by atoms with Crippen molar-refractivity contribution in [3.63, 3.8) is 0 Å². The second-order valence-corrected chi connectivity index (χ2v) is 7.97. The minimum atomic E-state index is -1.08. The number of hydrogen-bond acceptors (Lipinski definition) is 2. The summed E-state index contributed by atoms with van der Waals surface area (Å²) < 4.78 is 12.4. The second kappa shape index (κ2) is 9.59. The maximum Gasteiger partial charge on any atom is 0.295 e. The van der Waals surface area contributed by atoms with Gasteiger partial charge in [-0.25, -0.2) is 0 Å². The molecule has 1 aliphatic rings. The summed E-state index contributed by atoms with van der Waals surface area (Å²) in [5.74, 6) is 2.38. The molecular weight excluding hydrogens is 339 g/mol. The third kappa shape index (κ3) is 5.47. The summed E-state index contributed by atoms with van der Waals surface area (Å²) in [5, 5.41) is 0. The van der Waals surface area contributed by atoms with Crippen LogP contribution in [0.25, 0.3) is 0 Å². The molecule has 0 N–H and O–H groups in total. The standard InChI is InChI=1S/C23H27O2P/c1-3-19(2)21-16-14-20(15-17-21)18-26(24-22-10-6-4-7-11-22)25-23-12-8-5-9-13-23/h4,6-8,10-17,19H,3,5,9,18H2,1-2H3. The molecule has 26 heavy (non-hydrogen) atoms. The molecule has 2 unspecified atom stereocenters. The van der Waals surface area contributed by atoms with Crippen LogP contribution in [0.2, 0.25) is 0 Å². The molecule has 0 amide bonds. The van der Waals surface area contributed by atoms with E-state index in [2.05, 4.69) is 56.3 Å². The van der Waals surface area contributed by atoms with E-state index in [1.54, 1.807) is 0 Å². The summed E-state index contributed by atoms with van der Waals surface area (Å²) >= 11 is 0. The highest BCUT2D eigenvalue weighted by atomic mass is 31.2. The van der Waals surface area contributed by atoms with Crippen LogP contribution in [0.4, 0.5) is 0 Å². The molecule has 2 aromatic carbocycles. The SMILES string of the molecule is CCC(C)c1ccc(CP(OC2=CCCC=C2)Oc2ccccc2)cc1. The first-order valence-electron chi connectivity index (χ1n) is 9.38. The van der Waals surface area contributed by atoms with Crippen molar-refractivity contribution in [1.29, 1.82) is 0 Å². The van der Waals surface area contributed by atoms with Gasteiger partial charge >= 0.3 is 0 Å². The molecule has 0 heterocycles. The molecule has 3 heteroatoms. The minimum Gasteiger partial charge on any atom is -0.439 e. The predicted molar refractivity (Wildman–Crippen MR) is 110 cm³/mol. The Kier molecular flexibility index (Phi) is 6.91. The number of allylic oxidation sites excluding steroid dienone is 3. The normalized spacial score (nSPS) is 15.8. The van der Waals surface area contributed by atoms with Crippen LogP contribution in [0.1, 0.15) is 50.2 Å². The van der Waals surface area contributed by atoms with Gasteiger partial charge in [0.1, 0.15) is 11.5 Å². The molecule has 2 nitrogen and oxygen atoms in total. The topological polar surface area (TPSA) is 18.5 Å². The molecule has 0 fully saturated rings. The van der Waals surface area contributed by atoms with Crippen molar-refractivity contribution < 1.29 is 9.05 Å². The van der Waals surface area contributed by atoms with E-state index < -0.39 is 8.38 Å². The van der Waals surface area contributed by atoms with E-state index in [9.17, 15) is 0 Å². The van der Waals surface area contributed by atoms with Crippen molar-refractivity contribution >= 4 is 8.38 Å². The van der Waals surface area contributed by atoms with Crippen LogP contribution < -0.4 is 4.52 Å². The zero-order valence-electron chi connectivity index (χ0n) is 15.6. The van der Waals surface area contributed by atoms with E-state index in [1.165, 1.54) is 11.1 Å². The Morgan fingerprint density at radius 3 is 2.38 bits per heavy atom. The van der Waals surface area contributed by atoms with Crippen LogP contribution in [0.15, 0.2) is 78.6 Å². The maximum atomic E-state index is 6.22. The van der Waals surface area contributed by atoms with Gasteiger partial charge in [-0.2, -0.15) is 0 Å². The van der Waals surface area contributed by atoms with Crippen LogP contribution in [0, 0.1) is 0 Å². The first-order chi connectivity index (χ1) is 12.7. The molecule has 0 saturated carbocycles. The van der Waals surface area contributed by atoms with Crippen molar-refractivity contribution in [1.82, 2.24) is 0 Å². The van der Waals surface area contributed by atoms with Crippen molar-refractivity contribution in [3.05, 3.63) is 89.7 Å². The Hall–Kier alpha value is -2.05. The van der Waals surface area contributed by atoms with Gasteiger partial charge in [0.25, 0.3) is 8.38 Å². The Bertz CT molecular complexity index is 735. The Balaban J connectivity index is 1.71. The van der Waals surface area contributed by atoms with E-state index >= 15 is 0 Å². The zero-order valence-corrected chi connectivity index (χ0v) is 16.5. The number of rotatable bonds is 8. The smallest absolute Gasteiger partial charge is 0.295 e. The molecule has 3 rings (SSSR count). The lowest BCUT2D eigenvalue weighted by Crippen LogP contribution is -1.98. The number of benzene rings is 2. The van der Waals surface area contributed by atoms with Gasteiger partial charge < -0.3 is 9.05 Å². The van der Waals surface area contributed by atoms with E-state index in [0.717, 1.165) is 36.9 Å². The highest BCUT2D eigenvalue weighted by molar-refractivity contribution is 7.46. The van der Waals surface area contributed by atoms with Crippen molar-refractivity contribution in [2.24, 2.45) is 0 Å². The van der Waals surface area contributed by atoms with E-state index in [4.69, 9.17) is 9.05 Å². The monoisotopic (exact) mass is 366 g/mol. The summed E-state index contributed by atoms with van der Waals surface area (Å²) in [5.41, 5.74) is 2.64. The molecule has 2 atom stereocenters. The third-order valence-corrected chi connectivity index (χ3v) is 6.04. The summed E-state index contributed by atoms with van der Waals surface area (Å²) in [6.45, 7) is 4.50. The molecule has 2 aromatic rings. The summed E-state index contributed by atoms with van der Waals surface area (Å²) in [7, 11) is -1.08. The first-order valence-corrected chi connectivity index (χ1v) is 10.7. The first kappa shape index (κ1) is 18.7. The highest BCUT2D eigenvalue weighted by Crippen LogP contribution is 2.45. The summed E-state index contributed by atoms with van der Waals surface area (Å²) in [6.07, 6.45) is 10.4. The molecule has 0 bridgehead atoms. The van der Waals surface area contributed by atoms with Gasteiger partial charge in [0, 0.05) is 0 Å². The lowest BCUT2D eigenvalue weighted by atomic mass is 9.98. The number of para-hydroxylation sites is 1. The quantitative estimate of drug-likeness (QED) is 0.455. The average molecular weight is 366 g/mol. The van der Waals surface area contributed by atoms with Gasteiger partial charge in [-0.3, -0.25) is 0 Å². The Morgan fingerprint density at radius 1 is 0.962 bits per heavy atom.